The third-order valence-electron chi connectivity index (χ3n) is 5.10. The van der Waals surface area contributed by atoms with E-state index in [1.807, 2.05) is 25.1 Å². The van der Waals surface area contributed by atoms with Crippen LogP contribution in [0.1, 0.15) is 54.4 Å². The maximum atomic E-state index is 12.7. The summed E-state index contributed by atoms with van der Waals surface area (Å²) in [5.41, 5.74) is 2.52. The van der Waals surface area contributed by atoms with Gasteiger partial charge < -0.3 is 10.4 Å². The molecule has 0 radical (unpaired) electrons. The predicted molar refractivity (Wildman–Crippen MR) is 95.6 cm³/mol. The van der Waals surface area contributed by atoms with Gasteiger partial charge in [0.1, 0.15) is 12.7 Å². The summed E-state index contributed by atoms with van der Waals surface area (Å²) in [5, 5.41) is 16.7. The molecule has 3 rings (SSSR count). The van der Waals surface area contributed by atoms with E-state index in [-0.39, 0.29) is 18.6 Å². The highest BCUT2D eigenvalue weighted by Gasteiger charge is 2.25. The van der Waals surface area contributed by atoms with Gasteiger partial charge in [-0.05, 0) is 55.9 Å². The molecule has 6 heteroatoms. The summed E-state index contributed by atoms with van der Waals surface area (Å²) in [6.07, 6.45) is 9.73. The fourth-order valence-electron chi connectivity index (χ4n) is 3.74. The van der Waals surface area contributed by atoms with E-state index in [2.05, 4.69) is 15.4 Å². The van der Waals surface area contributed by atoms with Gasteiger partial charge in [0.05, 0.1) is 5.69 Å². The molecule has 1 unspecified atom stereocenters. The molecule has 1 fully saturated rings. The monoisotopic (exact) mass is 342 g/mol. The number of aryl methyl sites for hydroxylation is 1. The molecule has 2 N–H and O–H groups in total. The Kier molecular flexibility index (Phi) is 5.81. The Balaban J connectivity index is 1.72. The number of carbonyl (C=O) groups excluding carboxylic acids is 1. The Morgan fingerprint density at radius 3 is 2.80 bits per heavy atom. The van der Waals surface area contributed by atoms with E-state index in [0.717, 1.165) is 24.1 Å². The first kappa shape index (κ1) is 17.6. The molecule has 1 aromatic heterocycles. The van der Waals surface area contributed by atoms with E-state index < -0.39 is 0 Å². The number of amides is 1. The SMILES string of the molecule is Cc1cc(C(=O)NC(CCO)C2CCCCC2)ccc1-n1cncn1. The zero-order valence-corrected chi connectivity index (χ0v) is 14.7. The normalized spacial score (nSPS) is 16.6. The van der Waals surface area contributed by atoms with Crippen molar-refractivity contribution in [3.63, 3.8) is 0 Å². The predicted octanol–water partition coefficient (Wildman–Crippen LogP) is 2.64. The summed E-state index contributed by atoms with van der Waals surface area (Å²) in [7, 11) is 0. The van der Waals surface area contributed by atoms with Crippen molar-refractivity contribution in [1.82, 2.24) is 20.1 Å². The van der Waals surface area contributed by atoms with Crippen LogP contribution >= 0.6 is 0 Å². The summed E-state index contributed by atoms with van der Waals surface area (Å²) >= 11 is 0. The lowest BCUT2D eigenvalue weighted by molar-refractivity contribution is 0.0899. The molecule has 0 bridgehead atoms. The van der Waals surface area contributed by atoms with Gasteiger partial charge in [-0.2, -0.15) is 5.10 Å². The number of aromatic nitrogens is 3. The zero-order chi connectivity index (χ0) is 17.6. The molecule has 1 aromatic carbocycles. The van der Waals surface area contributed by atoms with Crippen molar-refractivity contribution in [2.45, 2.75) is 51.5 Å². The fourth-order valence-corrected chi connectivity index (χ4v) is 3.74. The van der Waals surface area contributed by atoms with Gasteiger partial charge in [0.15, 0.2) is 0 Å². The lowest BCUT2D eigenvalue weighted by Gasteiger charge is -2.30. The summed E-state index contributed by atoms with van der Waals surface area (Å²) < 4.78 is 1.69. The van der Waals surface area contributed by atoms with E-state index in [1.165, 1.54) is 25.6 Å². The van der Waals surface area contributed by atoms with Crippen molar-refractivity contribution in [3.8, 4) is 5.69 Å². The largest absolute Gasteiger partial charge is 0.396 e. The molecular weight excluding hydrogens is 316 g/mol. The number of aliphatic hydroxyl groups is 1. The van der Waals surface area contributed by atoms with E-state index >= 15 is 0 Å². The van der Waals surface area contributed by atoms with Crippen LogP contribution in [0.5, 0.6) is 0 Å². The Bertz CT molecular complexity index is 693. The van der Waals surface area contributed by atoms with Gasteiger partial charge in [0.25, 0.3) is 5.91 Å². The number of carbonyl (C=O) groups is 1. The van der Waals surface area contributed by atoms with Crippen LogP contribution in [0, 0.1) is 12.8 Å². The lowest BCUT2D eigenvalue weighted by Crippen LogP contribution is -2.41. The van der Waals surface area contributed by atoms with Gasteiger partial charge in [-0.1, -0.05) is 19.3 Å². The molecule has 1 amide bonds. The number of nitrogens with one attached hydrogen (secondary N) is 1. The average molecular weight is 342 g/mol. The average Bonchev–Trinajstić information content (AvgIpc) is 3.16. The molecule has 0 aliphatic heterocycles. The van der Waals surface area contributed by atoms with Gasteiger partial charge in [-0.25, -0.2) is 9.67 Å². The Hall–Kier alpha value is -2.21. The van der Waals surface area contributed by atoms with Crippen molar-refractivity contribution >= 4 is 5.91 Å². The topological polar surface area (TPSA) is 80.0 Å². The van der Waals surface area contributed by atoms with Crippen molar-refractivity contribution in [2.24, 2.45) is 5.92 Å². The molecular formula is C19H26N4O2. The van der Waals surface area contributed by atoms with Crippen LogP contribution in [0.2, 0.25) is 0 Å². The number of hydrogen-bond donors (Lipinski definition) is 2. The first-order valence-corrected chi connectivity index (χ1v) is 9.06. The van der Waals surface area contributed by atoms with Gasteiger partial charge >= 0.3 is 0 Å². The van der Waals surface area contributed by atoms with Crippen LogP contribution in [0.4, 0.5) is 0 Å². The third kappa shape index (κ3) is 4.25. The van der Waals surface area contributed by atoms with Gasteiger partial charge in [0, 0.05) is 18.2 Å². The molecule has 6 nitrogen and oxygen atoms in total. The summed E-state index contributed by atoms with van der Waals surface area (Å²) in [4.78, 5) is 16.7. The highest BCUT2D eigenvalue weighted by atomic mass is 16.3. The van der Waals surface area contributed by atoms with E-state index in [0.29, 0.717) is 17.9 Å². The summed E-state index contributed by atoms with van der Waals surface area (Å²) in [5.74, 6) is 0.401. The Morgan fingerprint density at radius 1 is 1.36 bits per heavy atom. The minimum Gasteiger partial charge on any atom is -0.396 e. The molecule has 1 heterocycles. The molecule has 25 heavy (non-hydrogen) atoms. The van der Waals surface area contributed by atoms with Gasteiger partial charge in [-0.15, -0.1) is 0 Å². The highest BCUT2D eigenvalue weighted by Crippen LogP contribution is 2.28. The molecule has 1 aliphatic carbocycles. The van der Waals surface area contributed by atoms with Crippen molar-refractivity contribution in [1.29, 1.82) is 0 Å². The molecule has 0 saturated heterocycles. The quantitative estimate of drug-likeness (QED) is 0.846. The van der Waals surface area contributed by atoms with Crippen LogP contribution in [0.15, 0.2) is 30.9 Å². The van der Waals surface area contributed by atoms with Crippen LogP contribution in [-0.2, 0) is 0 Å². The molecule has 1 atom stereocenters. The third-order valence-corrected chi connectivity index (χ3v) is 5.10. The summed E-state index contributed by atoms with van der Waals surface area (Å²) in [6, 6.07) is 5.63. The van der Waals surface area contributed by atoms with Gasteiger partial charge in [-0.3, -0.25) is 4.79 Å². The van der Waals surface area contributed by atoms with Crippen LogP contribution in [0.25, 0.3) is 5.69 Å². The Labute approximate surface area is 148 Å². The number of rotatable bonds is 6. The Morgan fingerprint density at radius 2 is 2.16 bits per heavy atom. The molecule has 1 saturated carbocycles. The number of benzene rings is 1. The summed E-state index contributed by atoms with van der Waals surface area (Å²) in [6.45, 7) is 2.06. The van der Waals surface area contributed by atoms with Gasteiger partial charge in [0.2, 0.25) is 0 Å². The fraction of sp³-hybridized carbons (Fsp3) is 0.526. The lowest BCUT2D eigenvalue weighted by atomic mass is 9.82. The minimum atomic E-state index is -0.0720. The maximum Gasteiger partial charge on any atom is 0.251 e. The first-order chi connectivity index (χ1) is 12.2. The molecule has 0 spiro atoms. The zero-order valence-electron chi connectivity index (χ0n) is 14.7. The second kappa shape index (κ2) is 8.25. The second-order valence-electron chi connectivity index (χ2n) is 6.83. The van der Waals surface area contributed by atoms with Crippen LogP contribution in [-0.4, -0.2) is 38.4 Å². The highest BCUT2D eigenvalue weighted by molar-refractivity contribution is 5.94. The second-order valence-corrected chi connectivity index (χ2v) is 6.83. The maximum absolute atomic E-state index is 12.7. The smallest absolute Gasteiger partial charge is 0.251 e. The number of hydrogen-bond acceptors (Lipinski definition) is 4. The van der Waals surface area contributed by atoms with Crippen LogP contribution < -0.4 is 5.32 Å². The molecule has 134 valence electrons. The van der Waals surface area contributed by atoms with E-state index in [4.69, 9.17) is 0 Å². The number of aliphatic hydroxyl groups excluding tert-OH is 1. The molecule has 1 aliphatic rings. The first-order valence-electron chi connectivity index (χ1n) is 9.06. The van der Waals surface area contributed by atoms with Crippen molar-refractivity contribution < 1.29 is 9.90 Å². The van der Waals surface area contributed by atoms with E-state index in [9.17, 15) is 9.90 Å². The van der Waals surface area contributed by atoms with E-state index in [1.54, 1.807) is 11.0 Å². The van der Waals surface area contributed by atoms with Crippen LogP contribution in [0.3, 0.4) is 0 Å². The molecule has 2 aromatic rings. The number of nitrogens with zero attached hydrogens (tertiary/aromatic N) is 3. The van der Waals surface area contributed by atoms with Crippen molar-refractivity contribution in [2.75, 3.05) is 6.61 Å². The standard InChI is InChI=1S/C19H26N4O2/c1-14-11-16(7-8-18(14)23-13-20-12-21-23)19(25)22-17(9-10-24)15-5-3-2-4-6-15/h7-8,11-13,15,17,24H,2-6,9-10H2,1H3,(H,22,25). The minimum absolute atomic E-state index is 0.0492. The van der Waals surface area contributed by atoms with Crippen molar-refractivity contribution in [3.05, 3.63) is 42.0 Å².